The number of aliphatic hydroxyl groups excluding tert-OH is 1. The highest BCUT2D eigenvalue weighted by Gasteiger charge is 2.10. The van der Waals surface area contributed by atoms with Gasteiger partial charge in [0.2, 0.25) is 0 Å². The highest BCUT2D eigenvalue weighted by Crippen LogP contribution is 2.33. The largest absolute Gasteiger partial charge is 0.389 e. The molecule has 0 aliphatic heterocycles. The number of aliphatic hydroxyl groups is 1. The Labute approximate surface area is 114 Å². The van der Waals surface area contributed by atoms with Crippen molar-refractivity contribution in [3.8, 4) is 0 Å². The lowest BCUT2D eigenvalue weighted by Gasteiger charge is -2.08. The zero-order valence-electron chi connectivity index (χ0n) is 9.60. The lowest BCUT2D eigenvalue weighted by molar-refractivity contribution is 0.198. The summed E-state index contributed by atoms with van der Waals surface area (Å²) >= 11 is 7.12. The van der Waals surface area contributed by atoms with Crippen LogP contribution in [0.1, 0.15) is 18.6 Å². The molecule has 1 aromatic carbocycles. The Morgan fingerprint density at radius 1 is 1.39 bits per heavy atom. The van der Waals surface area contributed by atoms with Crippen LogP contribution < -0.4 is 0 Å². The van der Waals surface area contributed by atoms with Crippen LogP contribution in [-0.2, 0) is 0 Å². The fourth-order valence-electron chi connectivity index (χ4n) is 1.41. The van der Waals surface area contributed by atoms with Gasteiger partial charge in [0.1, 0.15) is 10.8 Å². The molecule has 1 atom stereocenters. The van der Waals surface area contributed by atoms with Crippen molar-refractivity contribution in [3.63, 3.8) is 0 Å². The molecule has 18 heavy (non-hydrogen) atoms. The molecule has 0 spiro atoms. The molecule has 1 aromatic heterocycles. The molecular formula is C13H11ClFNOS. The van der Waals surface area contributed by atoms with Crippen LogP contribution in [-0.4, -0.2) is 10.1 Å². The van der Waals surface area contributed by atoms with E-state index in [1.807, 2.05) is 0 Å². The maximum absolute atomic E-state index is 13.8. The Balaban J connectivity index is 2.28. The van der Waals surface area contributed by atoms with E-state index in [0.29, 0.717) is 20.5 Å². The number of benzene rings is 1. The molecule has 0 radical (unpaired) electrons. The average molecular weight is 284 g/mol. The van der Waals surface area contributed by atoms with E-state index < -0.39 is 6.10 Å². The quantitative estimate of drug-likeness (QED) is 0.921. The Morgan fingerprint density at radius 3 is 2.78 bits per heavy atom. The van der Waals surface area contributed by atoms with Gasteiger partial charge in [-0.1, -0.05) is 29.4 Å². The highest BCUT2D eigenvalue weighted by molar-refractivity contribution is 7.99. The van der Waals surface area contributed by atoms with Gasteiger partial charge in [0.05, 0.1) is 11.1 Å². The summed E-state index contributed by atoms with van der Waals surface area (Å²) < 4.78 is 13.8. The lowest BCUT2D eigenvalue weighted by atomic mass is 10.1. The average Bonchev–Trinajstić information content (AvgIpc) is 2.34. The number of pyridine rings is 1. The van der Waals surface area contributed by atoms with E-state index in [4.69, 9.17) is 11.6 Å². The molecule has 0 amide bonds. The number of nitrogens with zero attached hydrogens (tertiary/aromatic N) is 1. The second-order valence-electron chi connectivity index (χ2n) is 3.76. The Kier molecular flexibility index (Phi) is 4.22. The normalized spacial score (nSPS) is 12.4. The van der Waals surface area contributed by atoms with Gasteiger partial charge in [-0.2, -0.15) is 0 Å². The van der Waals surface area contributed by atoms with Gasteiger partial charge >= 0.3 is 0 Å². The lowest BCUT2D eigenvalue weighted by Crippen LogP contribution is -1.93. The van der Waals surface area contributed by atoms with E-state index in [-0.39, 0.29) is 5.82 Å². The summed E-state index contributed by atoms with van der Waals surface area (Å²) in [5, 5.41) is 10.4. The number of aromatic nitrogens is 1. The van der Waals surface area contributed by atoms with Gasteiger partial charge in [-0.05, 0) is 36.8 Å². The number of hydrogen-bond acceptors (Lipinski definition) is 3. The van der Waals surface area contributed by atoms with Gasteiger partial charge < -0.3 is 5.11 Å². The zero-order chi connectivity index (χ0) is 13.1. The molecule has 0 saturated heterocycles. The molecule has 1 N–H and O–H groups in total. The van der Waals surface area contributed by atoms with Gasteiger partial charge in [-0.15, -0.1) is 0 Å². The second kappa shape index (κ2) is 5.69. The summed E-state index contributed by atoms with van der Waals surface area (Å²) in [5.74, 6) is -0.389. The predicted octanol–water partition coefficient (Wildman–Crippen LogP) is 4.08. The Morgan fingerprint density at radius 2 is 2.17 bits per heavy atom. The minimum Gasteiger partial charge on any atom is -0.389 e. The van der Waals surface area contributed by atoms with E-state index in [0.717, 1.165) is 11.8 Å². The number of rotatable bonds is 3. The van der Waals surface area contributed by atoms with Crippen LogP contribution in [0.5, 0.6) is 0 Å². The first kappa shape index (κ1) is 13.3. The third-order valence-corrected chi connectivity index (χ3v) is 3.86. The van der Waals surface area contributed by atoms with E-state index in [1.165, 1.54) is 6.07 Å². The summed E-state index contributed by atoms with van der Waals surface area (Å²) in [6.07, 6.45) is 0.924. The van der Waals surface area contributed by atoms with Crippen molar-refractivity contribution in [1.29, 1.82) is 0 Å². The van der Waals surface area contributed by atoms with Crippen molar-refractivity contribution in [2.24, 2.45) is 0 Å². The van der Waals surface area contributed by atoms with Crippen LogP contribution >= 0.6 is 23.4 Å². The first-order valence-corrected chi connectivity index (χ1v) is 6.53. The van der Waals surface area contributed by atoms with Crippen molar-refractivity contribution in [3.05, 3.63) is 52.9 Å². The van der Waals surface area contributed by atoms with Crippen LogP contribution in [0.25, 0.3) is 0 Å². The molecule has 0 fully saturated rings. The smallest absolute Gasteiger partial charge is 0.137 e. The van der Waals surface area contributed by atoms with Crippen molar-refractivity contribution in [1.82, 2.24) is 4.98 Å². The summed E-state index contributed by atoms with van der Waals surface area (Å²) in [4.78, 5) is 4.52. The summed E-state index contributed by atoms with van der Waals surface area (Å²) in [6, 6.07) is 8.06. The molecule has 2 rings (SSSR count). The molecule has 0 unspecified atom stereocenters. The third kappa shape index (κ3) is 3.02. The molecule has 2 nitrogen and oxygen atoms in total. The van der Waals surface area contributed by atoms with Crippen molar-refractivity contribution in [2.75, 3.05) is 0 Å². The second-order valence-corrected chi connectivity index (χ2v) is 5.20. The SMILES string of the molecule is C[C@H](O)c1ccc(Sc2ncccc2Cl)c(F)c1. The number of halogens is 2. The zero-order valence-corrected chi connectivity index (χ0v) is 11.2. The fraction of sp³-hybridized carbons (Fsp3) is 0.154. The molecule has 2 aromatic rings. The van der Waals surface area contributed by atoms with E-state index in [9.17, 15) is 9.50 Å². The molecule has 94 valence electrons. The summed E-state index contributed by atoms with van der Waals surface area (Å²) in [7, 11) is 0. The van der Waals surface area contributed by atoms with Crippen LogP contribution in [0, 0.1) is 5.82 Å². The first-order chi connectivity index (χ1) is 8.58. The van der Waals surface area contributed by atoms with Crippen LogP contribution in [0.15, 0.2) is 46.5 Å². The van der Waals surface area contributed by atoms with E-state index >= 15 is 0 Å². The molecule has 0 bridgehead atoms. The molecule has 0 aliphatic carbocycles. The molecule has 1 heterocycles. The molecule has 5 heteroatoms. The van der Waals surface area contributed by atoms with Crippen LogP contribution in [0.3, 0.4) is 0 Å². The van der Waals surface area contributed by atoms with Crippen molar-refractivity contribution < 1.29 is 9.50 Å². The van der Waals surface area contributed by atoms with E-state index in [2.05, 4.69) is 4.98 Å². The van der Waals surface area contributed by atoms with Crippen molar-refractivity contribution in [2.45, 2.75) is 22.9 Å². The molecule has 0 aliphatic rings. The third-order valence-electron chi connectivity index (χ3n) is 2.37. The van der Waals surface area contributed by atoms with Gasteiger partial charge in [0, 0.05) is 11.1 Å². The Hall–Kier alpha value is -1.10. The first-order valence-electron chi connectivity index (χ1n) is 5.34. The molecular weight excluding hydrogens is 273 g/mol. The highest BCUT2D eigenvalue weighted by atomic mass is 35.5. The Bertz CT molecular complexity index is 562. The summed E-state index contributed by atoms with van der Waals surface area (Å²) in [6.45, 7) is 1.59. The maximum Gasteiger partial charge on any atom is 0.137 e. The monoisotopic (exact) mass is 283 g/mol. The topological polar surface area (TPSA) is 33.1 Å². The van der Waals surface area contributed by atoms with Crippen molar-refractivity contribution >= 4 is 23.4 Å². The standard InChI is InChI=1S/C13H11ClFNOS/c1-8(17)9-4-5-12(11(15)7-9)18-13-10(14)3-2-6-16-13/h2-8,17H,1H3/t8-/m0/s1. The maximum atomic E-state index is 13.8. The fourth-order valence-corrected chi connectivity index (χ4v) is 2.43. The van der Waals surface area contributed by atoms with Crippen LogP contribution in [0.2, 0.25) is 5.02 Å². The van der Waals surface area contributed by atoms with E-state index in [1.54, 1.807) is 37.4 Å². The minimum atomic E-state index is -0.683. The van der Waals surface area contributed by atoms with Crippen LogP contribution in [0.4, 0.5) is 4.39 Å². The van der Waals surface area contributed by atoms with Gasteiger partial charge in [0.15, 0.2) is 0 Å². The summed E-state index contributed by atoms with van der Waals surface area (Å²) in [5.41, 5.74) is 0.545. The van der Waals surface area contributed by atoms with Gasteiger partial charge in [-0.3, -0.25) is 0 Å². The van der Waals surface area contributed by atoms with Gasteiger partial charge in [0.25, 0.3) is 0 Å². The minimum absolute atomic E-state index is 0.389. The predicted molar refractivity (Wildman–Crippen MR) is 70.4 cm³/mol. The number of hydrogen-bond donors (Lipinski definition) is 1. The van der Waals surface area contributed by atoms with Gasteiger partial charge in [-0.25, -0.2) is 9.37 Å². The molecule has 0 saturated carbocycles.